The quantitative estimate of drug-likeness (QED) is 0.770. The van der Waals surface area contributed by atoms with Crippen LogP contribution in [0.15, 0.2) is 30.3 Å². The van der Waals surface area contributed by atoms with E-state index >= 15 is 0 Å². The van der Waals surface area contributed by atoms with Gasteiger partial charge in [0.2, 0.25) is 0 Å². The van der Waals surface area contributed by atoms with Crippen LogP contribution in [0.4, 0.5) is 0 Å². The fraction of sp³-hybridized carbons (Fsp3) is 0.500. The SMILES string of the molecule is COC(=O)CCNC(c1ccccc1)C(C)C. The lowest BCUT2D eigenvalue weighted by atomic mass is 9.96. The minimum Gasteiger partial charge on any atom is -0.469 e. The number of carbonyl (C=O) groups excluding carboxylic acids is 1. The van der Waals surface area contributed by atoms with Gasteiger partial charge in [-0.15, -0.1) is 0 Å². The molecule has 1 unspecified atom stereocenters. The number of ether oxygens (including phenoxy) is 1. The van der Waals surface area contributed by atoms with E-state index in [2.05, 4.69) is 36.0 Å². The van der Waals surface area contributed by atoms with Gasteiger partial charge >= 0.3 is 5.97 Å². The first-order valence-electron chi connectivity index (χ1n) is 6.00. The zero-order valence-electron chi connectivity index (χ0n) is 10.8. The number of rotatable bonds is 6. The molecule has 1 atom stereocenters. The zero-order chi connectivity index (χ0) is 12.7. The van der Waals surface area contributed by atoms with Gasteiger partial charge in [0.15, 0.2) is 0 Å². The molecule has 0 amide bonds. The molecule has 0 radical (unpaired) electrons. The molecule has 1 rings (SSSR count). The van der Waals surface area contributed by atoms with Gasteiger partial charge in [0, 0.05) is 12.6 Å². The van der Waals surface area contributed by atoms with Gasteiger partial charge in [0.1, 0.15) is 0 Å². The summed E-state index contributed by atoms with van der Waals surface area (Å²) in [6.45, 7) is 4.98. The molecule has 0 spiro atoms. The van der Waals surface area contributed by atoms with Crippen molar-refractivity contribution in [3.63, 3.8) is 0 Å². The normalized spacial score (nSPS) is 12.5. The van der Waals surface area contributed by atoms with Crippen LogP contribution in [0.5, 0.6) is 0 Å². The summed E-state index contributed by atoms with van der Waals surface area (Å²) >= 11 is 0. The Morgan fingerprint density at radius 1 is 1.29 bits per heavy atom. The van der Waals surface area contributed by atoms with E-state index in [1.165, 1.54) is 12.7 Å². The second kappa shape index (κ2) is 7.07. The molecule has 1 N–H and O–H groups in total. The van der Waals surface area contributed by atoms with Crippen molar-refractivity contribution in [2.75, 3.05) is 13.7 Å². The fourth-order valence-electron chi connectivity index (χ4n) is 1.83. The number of hydrogen-bond acceptors (Lipinski definition) is 3. The van der Waals surface area contributed by atoms with Gasteiger partial charge in [-0.2, -0.15) is 0 Å². The van der Waals surface area contributed by atoms with Crippen LogP contribution in [0, 0.1) is 5.92 Å². The molecular weight excluding hydrogens is 214 g/mol. The Bertz CT molecular complexity index is 335. The first-order chi connectivity index (χ1) is 8.15. The Morgan fingerprint density at radius 3 is 2.47 bits per heavy atom. The molecule has 1 aromatic carbocycles. The smallest absolute Gasteiger partial charge is 0.306 e. The fourth-order valence-corrected chi connectivity index (χ4v) is 1.83. The van der Waals surface area contributed by atoms with E-state index in [1.807, 2.05) is 18.2 Å². The molecule has 0 heterocycles. The summed E-state index contributed by atoms with van der Waals surface area (Å²) in [5.74, 6) is 0.308. The van der Waals surface area contributed by atoms with Gasteiger partial charge in [0.25, 0.3) is 0 Å². The average molecular weight is 235 g/mol. The molecule has 0 fully saturated rings. The van der Waals surface area contributed by atoms with Crippen LogP contribution in [0.1, 0.15) is 31.9 Å². The van der Waals surface area contributed by atoms with E-state index in [1.54, 1.807) is 0 Å². The molecule has 94 valence electrons. The molecule has 0 saturated carbocycles. The largest absolute Gasteiger partial charge is 0.469 e. The summed E-state index contributed by atoms with van der Waals surface area (Å²) in [7, 11) is 1.42. The number of benzene rings is 1. The molecule has 17 heavy (non-hydrogen) atoms. The summed E-state index contributed by atoms with van der Waals surface area (Å²) in [6.07, 6.45) is 0.409. The zero-order valence-corrected chi connectivity index (χ0v) is 10.8. The van der Waals surface area contributed by atoms with Crippen LogP contribution in [0.25, 0.3) is 0 Å². The van der Waals surface area contributed by atoms with E-state index in [4.69, 9.17) is 0 Å². The highest BCUT2D eigenvalue weighted by atomic mass is 16.5. The van der Waals surface area contributed by atoms with Crippen LogP contribution in [0.2, 0.25) is 0 Å². The minimum atomic E-state index is -0.173. The van der Waals surface area contributed by atoms with Crippen molar-refractivity contribution < 1.29 is 9.53 Å². The second-order valence-electron chi connectivity index (χ2n) is 4.41. The van der Waals surface area contributed by atoms with Crippen molar-refractivity contribution >= 4 is 5.97 Å². The summed E-state index contributed by atoms with van der Waals surface area (Å²) in [5.41, 5.74) is 1.26. The molecule has 3 nitrogen and oxygen atoms in total. The van der Waals surface area contributed by atoms with Gasteiger partial charge in [0.05, 0.1) is 13.5 Å². The lowest BCUT2D eigenvalue weighted by molar-refractivity contribution is -0.140. The lowest BCUT2D eigenvalue weighted by Crippen LogP contribution is -2.28. The van der Waals surface area contributed by atoms with Gasteiger partial charge in [-0.3, -0.25) is 4.79 Å². The Hall–Kier alpha value is -1.35. The highest BCUT2D eigenvalue weighted by molar-refractivity contribution is 5.69. The molecule has 0 bridgehead atoms. The number of hydrogen-bond donors (Lipinski definition) is 1. The maximum atomic E-state index is 11.0. The van der Waals surface area contributed by atoms with Gasteiger partial charge in [-0.05, 0) is 11.5 Å². The minimum absolute atomic E-state index is 0.173. The van der Waals surface area contributed by atoms with Crippen LogP contribution in [-0.2, 0) is 9.53 Å². The molecule has 1 aromatic rings. The van der Waals surface area contributed by atoms with Crippen molar-refractivity contribution in [3.05, 3.63) is 35.9 Å². The lowest BCUT2D eigenvalue weighted by Gasteiger charge is -2.22. The molecule has 0 aliphatic carbocycles. The van der Waals surface area contributed by atoms with Crippen LogP contribution in [0.3, 0.4) is 0 Å². The van der Waals surface area contributed by atoms with E-state index in [9.17, 15) is 4.79 Å². The third-order valence-electron chi connectivity index (χ3n) is 2.75. The molecule has 0 aromatic heterocycles. The maximum absolute atomic E-state index is 11.0. The third-order valence-corrected chi connectivity index (χ3v) is 2.75. The standard InChI is InChI=1S/C14H21NO2/c1-11(2)14(12-7-5-4-6-8-12)15-10-9-13(16)17-3/h4-8,11,14-15H,9-10H2,1-3H3. The first kappa shape index (κ1) is 13.7. The maximum Gasteiger partial charge on any atom is 0.306 e. The van der Waals surface area contributed by atoms with Crippen molar-refractivity contribution in [1.82, 2.24) is 5.32 Å². The predicted octanol–water partition coefficient (Wildman–Crippen LogP) is 2.54. The van der Waals surface area contributed by atoms with Crippen molar-refractivity contribution in [2.45, 2.75) is 26.3 Å². The van der Waals surface area contributed by atoms with Crippen LogP contribution >= 0.6 is 0 Å². The van der Waals surface area contributed by atoms with E-state index in [0.29, 0.717) is 18.9 Å². The Balaban J connectivity index is 2.53. The van der Waals surface area contributed by atoms with Crippen molar-refractivity contribution in [3.8, 4) is 0 Å². The Morgan fingerprint density at radius 2 is 1.94 bits per heavy atom. The number of carbonyl (C=O) groups is 1. The summed E-state index contributed by atoms with van der Waals surface area (Å²) < 4.78 is 4.62. The van der Waals surface area contributed by atoms with Gasteiger partial charge < -0.3 is 10.1 Å². The summed E-state index contributed by atoms with van der Waals surface area (Å²) in [5, 5.41) is 3.40. The van der Waals surface area contributed by atoms with Crippen LogP contribution < -0.4 is 5.32 Å². The molecule has 0 saturated heterocycles. The Labute approximate surface area is 103 Å². The number of methoxy groups -OCH3 is 1. The Kier molecular flexibility index (Phi) is 5.70. The van der Waals surface area contributed by atoms with Gasteiger partial charge in [-0.1, -0.05) is 44.2 Å². The van der Waals surface area contributed by atoms with Crippen molar-refractivity contribution in [2.24, 2.45) is 5.92 Å². The van der Waals surface area contributed by atoms with Crippen LogP contribution in [-0.4, -0.2) is 19.6 Å². The highest BCUT2D eigenvalue weighted by Gasteiger charge is 2.14. The molecule has 0 aliphatic rings. The monoisotopic (exact) mass is 235 g/mol. The summed E-state index contributed by atoms with van der Waals surface area (Å²) in [4.78, 5) is 11.0. The number of nitrogens with one attached hydrogen (secondary N) is 1. The highest BCUT2D eigenvalue weighted by Crippen LogP contribution is 2.20. The predicted molar refractivity (Wildman–Crippen MR) is 68.7 cm³/mol. The molecule has 0 aliphatic heterocycles. The topological polar surface area (TPSA) is 38.3 Å². The van der Waals surface area contributed by atoms with E-state index < -0.39 is 0 Å². The van der Waals surface area contributed by atoms with E-state index in [-0.39, 0.29) is 12.0 Å². The first-order valence-corrected chi connectivity index (χ1v) is 6.00. The molecule has 3 heteroatoms. The average Bonchev–Trinajstić information content (AvgIpc) is 2.34. The van der Waals surface area contributed by atoms with E-state index in [0.717, 1.165) is 0 Å². The molecular formula is C14H21NO2. The van der Waals surface area contributed by atoms with Crippen molar-refractivity contribution in [1.29, 1.82) is 0 Å². The summed E-state index contributed by atoms with van der Waals surface area (Å²) in [6, 6.07) is 10.6. The van der Waals surface area contributed by atoms with Gasteiger partial charge in [-0.25, -0.2) is 0 Å². The number of esters is 1. The third kappa shape index (κ3) is 4.57. The second-order valence-corrected chi connectivity index (χ2v) is 4.41.